The molecule has 0 aromatic heterocycles. The summed E-state index contributed by atoms with van der Waals surface area (Å²) in [4.78, 5) is 22.7. The molecule has 0 spiro atoms. The first-order valence-electron chi connectivity index (χ1n) is 6.13. The fourth-order valence-corrected chi connectivity index (χ4v) is 6.34. The highest BCUT2D eigenvalue weighted by Crippen LogP contribution is 2.72. The summed E-state index contributed by atoms with van der Waals surface area (Å²) < 4.78 is -26.1. The first-order valence-corrected chi connectivity index (χ1v) is 12.2. The quantitative estimate of drug-likeness (QED) is 0.232. The van der Waals surface area contributed by atoms with Crippen molar-refractivity contribution in [3.8, 4) is 0 Å². The second kappa shape index (κ2) is 9.80. The Kier molecular flexibility index (Phi) is 11.0. The van der Waals surface area contributed by atoms with E-state index in [4.69, 9.17) is 196 Å². The van der Waals surface area contributed by atoms with Gasteiger partial charge in [0.05, 0.1) is 0 Å². The standard InChI is InChI=1S/C10H2Cl16O4/c11-3(12,1(27)28)5(15,16)7(19,20)9(23,24)10(25,26)8(21,22)6(17,18)4(13,14)2(29)30/h(H,27,28)(H,29,30). The van der Waals surface area contributed by atoms with Crippen molar-refractivity contribution >= 4 is 198 Å². The molecule has 0 aliphatic heterocycles. The highest BCUT2D eigenvalue weighted by atomic mass is 35.6. The molecule has 0 aromatic rings. The zero-order chi connectivity index (χ0) is 25.2. The molecule has 4 nitrogen and oxygen atoms in total. The average molecular weight is 753 g/mol. The molecule has 30 heavy (non-hydrogen) atoms. The molecule has 0 aromatic carbocycles. The molecule has 20 heteroatoms. The Morgan fingerprint density at radius 1 is 0.367 bits per heavy atom. The lowest BCUT2D eigenvalue weighted by Crippen LogP contribution is -2.71. The molecule has 0 saturated heterocycles. The Morgan fingerprint density at radius 3 is 0.633 bits per heavy atom. The molecule has 0 atom stereocenters. The Labute approximate surface area is 249 Å². The van der Waals surface area contributed by atoms with Crippen molar-refractivity contribution in [2.24, 2.45) is 0 Å². The average Bonchev–Trinajstić information content (AvgIpc) is 2.52. The monoisotopic (exact) mass is 745 g/mol. The van der Waals surface area contributed by atoms with Crippen LogP contribution in [0.4, 0.5) is 0 Å². The summed E-state index contributed by atoms with van der Waals surface area (Å²) in [5, 5.41) is 18.3. The Bertz CT molecular complexity index is 651. The Morgan fingerprint density at radius 2 is 0.500 bits per heavy atom. The van der Waals surface area contributed by atoms with Gasteiger partial charge in [0.1, 0.15) is 0 Å². The van der Waals surface area contributed by atoms with Crippen molar-refractivity contribution in [2.75, 3.05) is 0 Å². The van der Waals surface area contributed by atoms with E-state index in [0.717, 1.165) is 0 Å². The molecule has 0 fully saturated rings. The number of aliphatic carboxylic acids is 2. The second-order valence-electron chi connectivity index (χ2n) is 5.21. The number of hydrogen-bond donors (Lipinski definition) is 2. The topological polar surface area (TPSA) is 74.6 Å². The van der Waals surface area contributed by atoms with Crippen LogP contribution in [0.5, 0.6) is 0 Å². The van der Waals surface area contributed by atoms with E-state index in [2.05, 4.69) is 0 Å². The van der Waals surface area contributed by atoms with Crippen molar-refractivity contribution < 1.29 is 19.8 Å². The second-order valence-corrected chi connectivity index (χ2v) is 15.8. The van der Waals surface area contributed by atoms with Crippen molar-refractivity contribution in [1.82, 2.24) is 0 Å². The minimum Gasteiger partial charge on any atom is -0.479 e. The van der Waals surface area contributed by atoms with Crippen LogP contribution in [0.2, 0.25) is 0 Å². The van der Waals surface area contributed by atoms with E-state index in [-0.39, 0.29) is 0 Å². The largest absolute Gasteiger partial charge is 0.479 e. The fraction of sp³-hybridized carbons (Fsp3) is 0.800. The third kappa shape index (κ3) is 4.78. The van der Waals surface area contributed by atoms with Gasteiger partial charge in [-0.25, -0.2) is 9.59 Å². The zero-order valence-electron chi connectivity index (χ0n) is 12.8. The van der Waals surface area contributed by atoms with Gasteiger partial charge in [0.25, 0.3) is 0 Å². The van der Waals surface area contributed by atoms with Crippen molar-refractivity contribution in [1.29, 1.82) is 0 Å². The number of hydrogen-bond acceptors (Lipinski definition) is 2. The maximum atomic E-state index is 11.4. The number of carboxylic acids is 2. The Hall–Kier alpha value is 3.58. The summed E-state index contributed by atoms with van der Waals surface area (Å²) in [6, 6.07) is 0. The molecule has 0 radical (unpaired) electrons. The minimum absolute atomic E-state index is 2.07. The van der Waals surface area contributed by atoms with Crippen LogP contribution in [-0.4, -0.2) is 56.8 Å². The van der Waals surface area contributed by atoms with Crippen LogP contribution in [0, 0.1) is 0 Å². The zero-order valence-corrected chi connectivity index (χ0v) is 24.9. The molecule has 0 amide bonds. The maximum absolute atomic E-state index is 11.4. The van der Waals surface area contributed by atoms with Gasteiger partial charge in [-0.15, -0.1) is 0 Å². The van der Waals surface area contributed by atoms with Crippen LogP contribution in [0.25, 0.3) is 0 Å². The summed E-state index contributed by atoms with van der Waals surface area (Å²) in [6.45, 7) is 0. The van der Waals surface area contributed by atoms with E-state index in [1.54, 1.807) is 0 Å². The van der Waals surface area contributed by atoms with Crippen molar-refractivity contribution in [3.05, 3.63) is 0 Å². The van der Waals surface area contributed by atoms with E-state index < -0.39 is 46.6 Å². The maximum Gasteiger partial charge on any atom is 0.343 e. The molecule has 0 aliphatic rings. The molecular weight excluding hydrogens is 751 g/mol. The number of carboxylic acid groups (broad SMARTS) is 2. The summed E-state index contributed by atoms with van der Waals surface area (Å²) in [5.41, 5.74) is 0. The number of carbonyl (C=O) groups is 2. The lowest BCUT2D eigenvalue weighted by Gasteiger charge is -2.53. The molecule has 0 aliphatic carbocycles. The summed E-state index contributed by atoms with van der Waals surface area (Å²) in [5.74, 6) is -4.14. The van der Waals surface area contributed by atoms with Crippen LogP contribution in [0.3, 0.4) is 0 Å². The third-order valence-corrected chi connectivity index (χ3v) is 14.6. The van der Waals surface area contributed by atoms with Gasteiger partial charge in [0, 0.05) is 0 Å². The fourth-order valence-electron chi connectivity index (χ4n) is 1.45. The van der Waals surface area contributed by atoms with Crippen molar-refractivity contribution in [2.45, 2.75) is 34.7 Å². The highest BCUT2D eigenvalue weighted by Gasteiger charge is 2.82. The Balaban J connectivity index is 6.90. The van der Waals surface area contributed by atoms with E-state index >= 15 is 0 Å². The highest BCUT2D eigenvalue weighted by molar-refractivity contribution is 6.82. The smallest absolute Gasteiger partial charge is 0.343 e. The third-order valence-electron chi connectivity index (χ3n) is 3.30. The molecule has 0 heterocycles. The van der Waals surface area contributed by atoms with Crippen LogP contribution >= 0.6 is 186 Å². The number of halogens is 16. The minimum atomic E-state index is -3.32. The molecule has 0 bridgehead atoms. The predicted octanol–water partition coefficient (Wildman–Crippen LogP) is 8.55. The lowest BCUT2D eigenvalue weighted by atomic mass is 10.0. The van der Waals surface area contributed by atoms with E-state index in [1.165, 1.54) is 0 Å². The van der Waals surface area contributed by atoms with Crippen LogP contribution in [-0.2, 0) is 9.59 Å². The van der Waals surface area contributed by atoms with Gasteiger partial charge in [-0.3, -0.25) is 0 Å². The summed E-state index contributed by atoms with van der Waals surface area (Å²) in [7, 11) is 0. The molecular formula is C10H2Cl16O4. The van der Waals surface area contributed by atoms with Gasteiger partial charge >= 0.3 is 11.9 Å². The first-order chi connectivity index (χ1) is 12.6. The van der Waals surface area contributed by atoms with Gasteiger partial charge in [-0.1, -0.05) is 186 Å². The van der Waals surface area contributed by atoms with Gasteiger partial charge in [-0.05, 0) is 0 Å². The van der Waals surface area contributed by atoms with E-state index in [0.29, 0.717) is 0 Å². The van der Waals surface area contributed by atoms with Crippen LogP contribution in [0.1, 0.15) is 0 Å². The molecule has 0 rings (SSSR count). The normalized spacial score (nSPS) is 15.9. The van der Waals surface area contributed by atoms with Crippen LogP contribution < -0.4 is 0 Å². The SMILES string of the molecule is O=C(O)C(Cl)(Cl)C(Cl)(Cl)C(Cl)(Cl)C(Cl)(Cl)C(Cl)(Cl)C(Cl)(Cl)C(Cl)(Cl)C(Cl)(Cl)C(=O)O. The van der Waals surface area contributed by atoms with Crippen LogP contribution in [0.15, 0.2) is 0 Å². The first kappa shape index (κ1) is 33.6. The van der Waals surface area contributed by atoms with Crippen molar-refractivity contribution in [3.63, 3.8) is 0 Å². The van der Waals surface area contributed by atoms with Gasteiger partial charge in [0.2, 0.25) is 8.67 Å². The summed E-state index contributed by atoms with van der Waals surface area (Å²) >= 11 is 94.3. The predicted molar refractivity (Wildman–Crippen MR) is 131 cm³/mol. The lowest BCUT2D eigenvalue weighted by molar-refractivity contribution is -0.139. The van der Waals surface area contributed by atoms with E-state index in [9.17, 15) is 9.59 Å². The number of alkyl halides is 16. The molecule has 0 unspecified atom stereocenters. The molecule has 2 N–H and O–H groups in total. The summed E-state index contributed by atoms with van der Waals surface area (Å²) in [6.07, 6.45) is 0. The van der Waals surface area contributed by atoms with E-state index in [1.807, 2.05) is 0 Å². The molecule has 178 valence electrons. The van der Waals surface area contributed by atoms with Gasteiger partial charge < -0.3 is 10.2 Å². The van der Waals surface area contributed by atoms with Gasteiger partial charge in [-0.2, -0.15) is 0 Å². The number of rotatable bonds is 9. The van der Waals surface area contributed by atoms with Gasteiger partial charge in [0.15, 0.2) is 26.0 Å². The molecule has 0 saturated carbocycles.